The summed E-state index contributed by atoms with van der Waals surface area (Å²) in [6.07, 6.45) is 1.04. The summed E-state index contributed by atoms with van der Waals surface area (Å²) in [6.45, 7) is 11.9. The third kappa shape index (κ3) is 12.5. The lowest BCUT2D eigenvalue weighted by Gasteiger charge is -2.27. The molecule has 0 radical (unpaired) electrons. The Kier molecular flexibility index (Phi) is 12.4. The maximum atomic E-state index is 12.4. The number of ether oxygens (including phenoxy) is 3. The van der Waals surface area contributed by atoms with Gasteiger partial charge < -0.3 is 30.0 Å². The number of aliphatic hydroxyl groups excluding tert-OH is 1. The Balaban J connectivity index is 1.41. The fourth-order valence-corrected chi connectivity index (χ4v) is 4.40. The third-order valence-corrected chi connectivity index (χ3v) is 6.66. The molecule has 3 N–H and O–H groups in total. The van der Waals surface area contributed by atoms with E-state index in [0.29, 0.717) is 37.9 Å². The van der Waals surface area contributed by atoms with Gasteiger partial charge in [-0.05, 0) is 63.6 Å². The number of nitrogens with zero attached hydrogens (tertiary/aromatic N) is 1. The minimum Gasteiger partial charge on any atom is -0.481 e. The van der Waals surface area contributed by atoms with Crippen LogP contribution in [0, 0.1) is 5.92 Å². The average Bonchev–Trinajstić information content (AvgIpc) is 3.74. The molecular weight excluding hydrogens is 506 g/mol. The standard InChI is InChI=1S/C32H47N3O5/c1-23(16-17-38-24(2)34-28(30-22-39-30)19-26-14-10-7-11-15-26)20-33-21-29(36)27(18-25-12-8-6-9-13-25)35-31(37)40-32(3,4)5/h6-15,23,27-30,33,36H,16-22H2,1-5H3,(H,35,37). The van der Waals surface area contributed by atoms with Crippen LogP contribution in [-0.4, -0.2) is 73.3 Å². The number of nitrogens with one attached hydrogen (secondary N) is 2. The summed E-state index contributed by atoms with van der Waals surface area (Å²) in [5.74, 6) is 1.02. The number of rotatable bonds is 15. The molecule has 1 saturated heterocycles. The van der Waals surface area contributed by atoms with Gasteiger partial charge in [0, 0.05) is 13.5 Å². The van der Waals surface area contributed by atoms with Gasteiger partial charge in [-0.2, -0.15) is 0 Å². The van der Waals surface area contributed by atoms with Crippen LogP contribution in [-0.2, 0) is 27.1 Å². The summed E-state index contributed by atoms with van der Waals surface area (Å²) in [5, 5.41) is 17.1. The molecule has 0 spiro atoms. The molecule has 2 aromatic carbocycles. The van der Waals surface area contributed by atoms with Gasteiger partial charge in [0.05, 0.1) is 31.4 Å². The van der Waals surface area contributed by atoms with Crippen molar-refractivity contribution in [2.75, 3.05) is 26.3 Å². The number of amides is 1. The first-order valence-electron chi connectivity index (χ1n) is 14.3. The predicted octanol–water partition coefficient (Wildman–Crippen LogP) is 4.54. The molecule has 1 aliphatic heterocycles. The second-order valence-electron chi connectivity index (χ2n) is 11.7. The first-order valence-corrected chi connectivity index (χ1v) is 14.3. The van der Waals surface area contributed by atoms with Crippen molar-refractivity contribution in [1.29, 1.82) is 0 Å². The maximum Gasteiger partial charge on any atom is 0.407 e. The van der Waals surface area contributed by atoms with Crippen molar-refractivity contribution in [3.05, 3.63) is 71.8 Å². The first-order chi connectivity index (χ1) is 19.1. The lowest BCUT2D eigenvalue weighted by atomic mass is 10.0. The van der Waals surface area contributed by atoms with E-state index < -0.39 is 23.8 Å². The van der Waals surface area contributed by atoms with Crippen LogP contribution in [0.25, 0.3) is 0 Å². The monoisotopic (exact) mass is 553 g/mol. The Bertz CT molecular complexity index is 1040. The van der Waals surface area contributed by atoms with E-state index in [-0.39, 0.29) is 12.1 Å². The van der Waals surface area contributed by atoms with Gasteiger partial charge >= 0.3 is 6.09 Å². The first kappa shape index (κ1) is 31.6. The summed E-state index contributed by atoms with van der Waals surface area (Å²) in [7, 11) is 0. The lowest BCUT2D eigenvalue weighted by molar-refractivity contribution is 0.0421. The molecule has 5 unspecified atom stereocenters. The van der Waals surface area contributed by atoms with Crippen LogP contribution in [0.5, 0.6) is 0 Å². The van der Waals surface area contributed by atoms with E-state index >= 15 is 0 Å². The smallest absolute Gasteiger partial charge is 0.407 e. The summed E-state index contributed by atoms with van der Waals surface area (Å²) in [6, 6.07) is 19.7. The fourth-order valence-electron chi connectivity index (χ4n) is 4.40. The quantitative estimate of drug-likeness (QED) is 0.170. The highest BCUT2D eigenvalue weighted by atomic mass is 16.6. The molecule has 220 valence electrons. The molecule has 1 fully saturated rings. The highest BCUT2D eigenvalue weighted by Gasteiger charge is 2.33. The molecule has 0 bridgehead atoms. The molecule has 3 rings (SSSR count). The van der Waals surface area contributed by atoms with Gasteiger partial charge in [0.15, 0.2) is 5.90 Å². The number of epoxide rings is 1. The van der Waals surface area contributed by atoms with Gasteiger partial charge in [0.2, 0.25) is 0 Å². The summed E-state index contributed by atoms with van der Waals surface area (Å²) < 4.78 is 16.9. The van der Waals surface area contributed by atoms with E-state index in [1.165, 1.54) is 5.56 Å². The van der Waals surface area contributed by atoms with Crippen LogP contribution < -0.4 is 10.6 Å². The zero-order valence-corrected chi connectivity index (χ0v) is 24.6. The molecule has 1 heterocycles. The van der Waals surface area contributed by atoms with E-state index in [9.17, 15) is 9.90 Å². The zero-order valence-electron chi connectivity index (χ0n) is 24.6. The van der Waals surface area contributed by atoms with Crippen molar-refractivity contribution in [2.45, 2.75) is 83.8 Å². The molecule has 8 nitrogen and oxygen atoms in total. The number of aliphatic imine (C=N–C) groups is 1. The van der Waals surface area contributed by atoms with E-state index in [0.717, 1.165) is 25.0 Å². The van der Waals surface area contributed by atoms with Gasteiger partial charge in [-0.1, -0.05) is 67.6 Å². The molecule has 0 aliphatic carbocycles. The largest absolute Gasteiger partial charge is 0.481 e. The molecular formula is C32H47N3O5. The Morgan fingerprint density at radius 3 is 2.23 bits per heavy atom. The van der Waals surface area contributed by atoms with Crippen LogP contribution in [0.4, 0.5) is 4.79 Å². The van der Waals surface area contributed by atoms with Crippen molar-refractivity contribution in [3.8, 4) is 0 Å². The molecule has 1 aliphatic rings. The normalized spacial score (nSPS) is 18.4. The molecule has 40 heavy (non-hydrogen) atoms. The van der Waals surface area contributed by atoms with E-state index in [4.69, 9.17) is 19.2 Å². The lowest BCUT2D eigenvalue weighted by Crippen LogP contribution is -2.50. The minimum absolute atomic E-state index is 0.0705. The van der Waals surface area contributed by atoms with Gasteiger partial charge in [0.25, 0.3) is 0 Å². The number of alkyl carbamates (subject to hydrolysis) is 1. The molecule has 8 heteroatoms. The highest BCUT2D eigenvalue weighted by molar-refractivity contribution is 5.73. The van der Waals surface area contributed by atoms with Crippen molar-refractivity contribution >= 4 is 12.0 Å². The number of carbonyl (C=O) groups excluding carboxylic acids is 1. The summed E-state index contributed by atoms with van der Waals surface area (Å²) >= 11 is 0. The molecule has 1 amide bonds. The Labute approximate surface area is 239 Å². The van der Waals surface area contributed by atoms with E-state index in [1.54, 1.807) is 0 Å². The zero-order chi connectivity index (χ0) is 29.0. The predicted molar refractivity (Wildman–Crippen MR) is 159 cm³/mol. The number of hydrogen-bond acceptors (Lipinski definition) is 7. The minimum atomic E-state index is -0.781. The number of carbonyl (C=O) groups is 1. The number of benzene rings is 2. The average molecular weight is 554 g/mol. The fraction of sp³-hybridized carbons (Fsp3) is 0.562. The number of hydrogen-bond donors (Lipinski definition) is 3. The van der Waals surface area contributed by atoms with Crippen molar-refractivity contribution in [1.82, 2.24) is 10.6 Å². The molecule has 5 atom stereocenters. The number of aliphatic hydroxyl groups is 1. The SMILES string of the molecule is CC(=NC(Cc1ccccc1)C1CO1)OCCC(C)CNCC(O)C(Cc1ccccc1)NC(=O)OC(C)(C)C. The van der Waals surface area contributed by atoms with Crippen molar-refractivity contribution in [2.24, 2.45) is 10.9 Å². The van der Waals surface area contributed by atoms with Gasteiger partial charge in [-0.3, -0.25) is 0 Å². The van der Waals surface area contributed by atoms with Crippen molar-refractivity contribution in [3.63, 3.8) is 0 Å². The maximum absolute atomic E-state index is 12.4. The van der Waals surface area contributed by atoms with E-state index in [1.807, 2.05) is 76.2 Å². The summed E-state index contributed by atoms with van der Waals surface area (Å²) in [5.41, 5.74) is 1.66. The van der Waals surface area contributed by atoms with E-state index in [2.05, 4.69) is 29.7 Å². The Hall–Kier alpha value is -2.94. The van der Waals surface area contributed by atoms with Gasteiger partial charge in [0.1, 0.15) is 11.7 Å². The second kappa shape index (κ2) is 15.7. The topological polar surface area (TPSA) is 105 Å². The molecule has 0 saturated carbocycles. The molecule has 2 aromatic rings. The third-order valence-electron chi connectivity index (χ3n) is 6.66. The van der Waals surface area contributed by atoms with Crippen LogP contribution in [0.15, 0.2) is 65.7 Å². The highest BCUT2D eigenvalue weighted by Crippen LogP contribution is 2.21. The van der Waals surface area contributed by atoms with Crippen LogP contribution in [0.3, 0.4) is 0 Å². The Morgan fingerprint density at radius 1 is 1.05 bits per heavy atom. The van der Waals surface area contributed by atoms with Gasteiger partial charge in [-0.15, -0.1) is 0 Å². The Morgan fingerprint density at radius 2 is 1.65 bits per heavy atom. The molecule has 0 aromatic heterocycles. The van der Waals surface area contributed by atoms with Crippen molar-refractivity contribution < 1.29 is 24.1 Å². The van der Waals surface area contributed by atoms with Crippen LogP contribution in [0.1, 0.15) is 52.2 Å². The summed E-state index contributed by atoms with van der Waals surface area (Å²) in [4.78, 5) is 17.2. The second-order valence-corrected chi connectivity index (χ2v) is 11.7. The van der Waals surface area contributed by atoms with Crippen LogP contribution >= 0.6 is 0 Å². The van der Waals surface area contributed by atoms with Crippen LogP contribution in [0.2, 0.25) is 0 Å². The van der Waals surface area contributed by atoms with Gasteiger partial charge in [-0.25, -0.2) is 9.79 Å².